The average molecular weight is 879 g/mol. The zero-order valence-electron chi connectivity index (χ0n) is 36.1. The summed E-state index contributed by atoms with van der Waals surface area (Å²) in [5.74, 6) is -4.22. The van der Waals surface area contributed by atoms with Crippen LogP contribution in [0.5, 0.6) is 0 Å². The lowest BCUT2D eigenvalue weighted by molar-refractivity contribution is -0.192. The van der Waals surface area contributed by atoms with E-state index >= 15 is 0 Å². The molecule has 1 saturated heterocycles. The minimum Gasteiger partial charge on any atom is -0.481 e. The highest BCUT2D eigenvalue weighted by Gasteiger charge is 2.21. The summed E-state index contributed by atoms with van der Waals surface area (Å²) in [6, 6.07) is 7.43. The minimum absolute atomic E-state index is 0.00648. The molecular formula is C41H66N8O13. The zero-order chi connectivity index (χ0) is 46.3. The van der Waals surface area contributed by atoms with Crippen LogP contribution in [-0.4, -0.2) is 197 Å². The normalized spacial score (nSPS) is 14.9. The third-order valence-corrected chi connectivity index (χ3v) is 9.92. The number of carbonyl (C=O) groups excluding carboxylic acids is 5. The molecule has 4 amide bonds. The van der Waals surface area contributed by atoms with Gasteiger partial charge in [-0.15, -0.1) is 0 Å². The topological polar surface area (TPSA) is 287 Å². The van der Waals surface area contributed by atoms with E-state index in [1.54, 1.807) is 21.6 Å². The first-order valence-corrected chi connectivity index (χ1v) is 20.9. The summed E-state index contributed by atoms with van der Waals surface area (Å²) >= 11 is 0. The number of rotatable bonds is 25. The van der Waals surface area contributed by atoms with Crippen molar-refractivity contribution < 1.29 is 63.6 Å². The first kappa shape index (κ1) is 54.5. The zero-order valence-corrected chi connectivity index (χ0v) is 36.1. The van der Waals surface area contributed by atoms with Gasteiger partial charge in [0, 0.05) is 97.4 Å². The van der Waals surface area contributed by atoms with Crippen LogP contribution in [-0.2, 0) is 44.9 Å². The molecule has 1 aromatic rings. The maximum absolute atomic E-state index is 13.4. The first-order chi connectivity index (χ1) is 29.5. The van der Waals surface area contributed by atoms with E-state index in [9.17, 15) is 48.9 Å². The average Bonchev–Trinajstić information content (AvgIpc) is 3.19. The summed E-state index contributed by atoms with van der Waals surface area (Å²) in [7, 11) is 0. The number of urea groups is 1. The van der Waals surface area contributed by atoms with Crippen LogP contribution in [0.3, 0.4) is 0 Å². The Hall–Kier alpha value is -5.47. The molecule has 0 radical (unpaired) electrons. The van der Waals surface area contributed by atoms with Gasteiger partial charge >= 0.3 is 36.1 Å². The molecule has 1 atom stereocenters. The molecule has 1 aliphatic rings. The van der Waals surface area contributed by atoms with Gasteiger partial charge in [-0.1, -0.05) is 29.8 Å². The number of aliphatic carboxylic acids is 4. The Morgan fingerprint density at radius 3 is 1.55 bits per heavy atom. The monoisotopic (exact) mass is 878 g/mol. The lowest BCUT2D eigenvalue weighted by Gasteiger charge is -2.32. The van der Waals surface area contributed by atoms with E-state index in [2.05, 4.69) is 16.0 Å². The number of nitrogens with zero attached hydrogens (tertiary/aromatic N) is 5. The molecule has 0 spiro atoms. The van der Waals surface area contributed by atoms with Crippen molar-refractivity contribution in [3.63, 3.8) is 0 Å². The van der Waals surface area contributed by atoms with Crippen molar-refractivity contribution in [1.29, 1.82) is 0 Å². The molecule has 0 aliphatic carbocycles. The molecule has 348 valence electrons. The predicted molar refractivity (Wildman–Crippen MR) is 224 cm³/mol. The van der Waals surface area contributed by atoms with Gasteiger partial charge in [0.2, 0.25) is 11.8 Å². The number of benzene rings is 1. The van der Waals surface area contributed by atoms with E-state index in [1.165, 1.54) is 0 Å². The summed E-state index contributed by atoms with van der Waals surface area (Å²) in [5, 5.41) is 45.5. The lowest BCUT2D eigenvalue weighted by atomic mass is 10.1. The van der Waals surface area contributed by atoms with E-state index in [1.807, 2.05) is 41.0 Å². The second-order valence-corrected chi connectivity index (χ2v) is 15.3. The number of unbranched alkanes of at least 4 members (excludes halogenated alkanes) is 3. The Morgan fingerprint density at radius 1 is 0.629 bits per heavy atom. The molecule has 1 aliphatic heterocycles. The molecule has 0 unspecified atom stereocenters. The molecule has 7 N–H and O–H groups in total. The Bertz CT molecular complexity index is 1540. The summed E-state index contributed by atoms with van der Waals surface area (Å²) in [4.78, 5) is 109. The lowest BCUT2D eigenvalue weighted by Crippen LogP contribution is -2.49. The van der Waals surface area contributed by atoms with Crippen molar-refractivity contribution in [1.82, 2.24) is 40.4 Å². The van der Waals surface area contributed by atoms with E-state index < -0.39 is 23.9 Å². The van der Waals surface area contributed by atoms with Crippen LogP contribution in [0, 0.1) is 6.92 Å². The maximum Gasteiger partial charge on any atom is 0.373 e. The van der Waals surface area contributed by atoms with Crippen molar-refractivity contribution in [2.75, 3.05) is 98.2 Å². The van der Waals surface area contributed by atoms with Gasteiger partial charge in [0.15, 0.2) is 0 Å². The van der Waals surface area contributed by atoms with Gasteiger partial charge in [0.25, 0.3) is 0 Å². The standard InChI is InChI=1S/C40H66N8O11.CO2/c1-31-9-12-33(13-10-31)26-48(17-7-3-5-16-42-40(59)43-32(2)11-14-36(51)52)35(50)8-4-6-15-41-34(49)27-44-18-20-45(28-37(53)54)22-24-47(30-39(57)58)25-23-46(21-19-44)29-38(55)56;2-1-3/h9-10,12-13,32H,3-8,11,14-30H2,1-2H3,(H,41,49)(H,51,52)(H,53,54)(H,55,56)(H,57,58)(H2,42,43,59);/t32-;/m1./s1. The number of carbonyl (C=O) groups is 7. The maximum atomic E-state index is 13.4. The molecule has 0 aromatic heterocycles. The number of amides is 4. The van der Waals surface area contributed by atoms with Gasteiger partial charge in [-0.2, -0.15) is 9.59 Å². The predicted octanol–water partition coefficient (Wildman–Crippen LogP) is 0.225. The van der Waals surface area contributed by atoms with E-state index in [0.717, 1.165) is 30.4 Å². The molecule has 0 bridgehead atoms. The molecule has 0 saturated carbocycles. The summed E-state index contributed by atoms with van der Waals surface area (Å²) < 4.78 is 0. The smallest absolute Gasteiger partial charge is 0.373 e. The van der Waals surface area contributed by atoms with Crippen molar-refractivity contribution in [2.24, 2.45) is 0 Å². The number of carboxylic acids is 4. The molecule has 1 fully saturated rings. The van der Waals surface area contributed by atoms with Crippen LogP contribution in [0.25, 0.3) is 0 Å². The first-order valence-electron chi connectivity index (χ1n) is 20.9. The van der Waals surface area contributed by atoms with E-state index in [-0.39, 0.29) is 88.8 Å². The van der Waals surface area contributed by atoms with Crippen LogP contribution >= 0.6 is 0 Å². The molecule has 21 nitrogen and oxygen atoms in total. The van der Waals surface area contributed by atoms with Gasteiger partial charge in [-0.05, 0) is 57.9 Å². The van der Waals surface area contributed by atoms with Gasteiger partial charge in [-0.3, -0.25) is 48.4 Å². The van der Waals surface area contributed by atoms with Gasteiger partial charge < -0.3 is 41.3 Å². The summed E-state index contributed by atoms with van der Waals surface area (Å²) in [5.41, 5.74) is 2.14. The van der Waals surface area contributed by atoms with E-state index in [0.29, 0.717) is 78.0 Å². The summed E-state index contributed by atoms with van der Waals surface area (Å²) in [6.45, 7) is 7.30. The number of aryl methyl sites for hydroxylation is 1. The number of nitrogens with one attached hydrogen (secondary N) is 3. The van der Waals surface area contributed by atoms with Crippen LogP contribution < -0.4 is 16.0 Å². The molecule has 62 heavy (non-hydrogen) atoms. The van der Waals surface area contributed by atoms with Crippen LogP contribution in [0.15, 0.2) is 24.3 Å². The summed E-state index contributed by atoms with van der Waals surface area (Å²) in [6.07, 6.45) is 4.26. The molecule has 2 rings (SSSR count). The fourth-order valence-corrected chi connectivity index (χ4v) is 6.53. The molecular weight excluding hydrogens is 812 g/mol. The Balaban J connectivity index is 0.00000621. The van der Waals surface area contributed by atoms with E-state index in [4.69, 9.17) is 14.7 Å². The second-order valence-electron chi connectivity index (χ2n) is 15.3. The fraction of sp³-hybridized carbons (Fsp3) is 0.659. The highest BCUT2D eigenvalue weighted by Crippen LogP contribution is 2.12. The van der Waals surface area contributed by atoms with Gasteiger partial charge in [-0.25, -0.2) is 4.79 Å². The van der Waals surface area contributed by atoms with Gasteiger partial charge in [0.05, 0.1) is 26.2 Å². The van der Waals surface area contributed by atoms with Crippen molar-refractivity contribution in [3.8, 4) is 0 Å². The van der Waals surface area contributed by atoms with Crippen LogP contribution in [0.2, 0.25) is 0 Å². The van der Waals surface area contributed by atoms with Crippen LogP contribution in [0.4, 0.5) is 4.79 Å². The highest BCUT2D eigenvalue weighted by molar-refractivity contribution is 5.78. The number of carboxylic acid groups (broad SMARTS) is 4. The van der Waals surface area contributed by atoms with Crippen molar-refractivity contribution >= 4 is 47.9 Å². The second kappa shape index (κ2) is 32.3. The third-order valence-electron chi connectivity index (χ3n) is 9.92. The Morgan fingerprint density at radius 2 is 1.08 bits per heavy atom. The number of hydrogen-bond donors (Lipinski definition) is 7. The minimum atomic E-state index is -1.03. The largest absolute Gasteiger partial charge is 0.481 e. The number of hydrogen-bond acceptors (Lipinski definition) is 13. The van der Waals surface area contributed by atoms with Crippen molar-refractivity contribution in [3.05, 3.63) is 35.4 Å². The quantitative estimate of drug-likeness (QED) is 0.0647. The van der Waals surface area contributed by atoms with Crippen LogP contribution in [0.1, 0.15) is 69.4 Å². The molecule has 1 heterocycles. The Kier molecular flexibility index (Phi) is 28.4. The molecule has 21 heteroatoms. The van der Waals surface area contributed by atoms with Crippen molar-refractivity contribution in [2.45, 2.75) is 77.8 Å². The molecule has 1 aromatic carbocycles. The Labute approximate surface area is 362 Å². The highest BCUT2D eigenvalue weighted by atomic mass is 16.4. The van der Waals surface area contributed by atoms with Gasteiger partial charge in [0.1, 0.15) is 0 Å². The fourth-order valence-electron chi connectivity index (χ4n) is 6.53. The third kappa shape index (κ3) is 28.1. The SMILES string of the molecule is Cc1ccc(CN(CCCCCNC(=O)N[C@H](C)CCC(=O)O)C(=O)CCCCNC(=O)CN2CCN(CC(=O)O)CCN(CC(=O)O)CCN(CC(=O)O)CC2)cc1.O=C=O.